The van der Waals surface area contributed by atoms with Crippen molar-refractivity contribution in [2.75, 3.05) is 0 Å². The first-order valence-corrected chi connectivity index (χ1v) is 10.9. The van der Waals surface area contributed by atoms with E-state index in [1.165, 1.54) is 19.1 Å². The van der Waals surface area contributed by atoms with Crippen LogP contribution in [0.15, 0.2) is 58.2 Å². The molecule has 1 aromatic carbocycles. The zero-order chi connectivity index (χ0) is 22.6. The van der Waals surface area contributed by atoms with E-state index in [0.717, 1.165) is 12.1 Å². The second kappa shape index (κ2) is 9.31. The van der Waals surface area contributed by atoms with Crippen molar-refractivity contribution in [3.05, 3.63) is 60.5 Å². The number of carbonyl (C=O) groups excluding carboxylic acids is 1. The summed E-state index contributed by atoms with van der Waals surface area (Å²) in [5.74, 6) is -1.95. The van der Waals surface area contributed by atoms with Crippen LogP contribution in [0, 0.1) is 11.7 Å². The summed E-state index contributed by atoms with van der Waals surface area (Å²) in [6, 6.07) is 7.09. The Morgan fingerprint density at radius 2 is 1.90 bits per heavy atom. The van der Waals surface area contributed by atoms with Gasteiger partial charge in [-0.05, 0) is 37.1 Å². The van der Waals surface area contributed by atoms with Gasteiger partial charge >= 0.3 is 5.97 Å². The van der Waals surface area contributed by atoms with Gasteiger partial charge in [-0.1, -0.05) is 31.1 Å². The van der Waals surface area contributed by atoms with Crippen LogP contribution < -0.4 is 4.72 Å². The Bertz CT molecular complexity index is 1150. The summed E-state index contributed by atoms with van der Waals surface area (Å²) >= 11 is 0. The molecule has 0 amide bonds. The molecule has 0 aliphatic carbocycles. The molecule has 0 aliphatic heterocycles. The molecule has 11 heteroatoms. The van der Waals surface area contributed by atoms with E-state index in [1.54, 1.807) is 38.4 Å². The first-order valence-electron chi connectivity index (χ1n) is 9.40. The van der Waals surface area contributed by atoms with Gasteiger partial charge in [0.05, 0.1) is 0 Å². The van der Waals surface area contributed by atoms with Crippen molar-refractivity contribution in [3.63, 3.8) is 0 Å². The smallest absolute Gasteiger partial charge is 0.325 e. The lowest BCUT2D eigenvalue weighted by Gasteiger charge is -2.22. The maximum Gasteiger partial charge on any atom is 0.325 e. The Morgan fingerprint density at radius 1 is 1.16 bits per heavy atom. The molecule has 1 unspecified atom stereocenters. The largest absolute Gasteiger partial charge is 0.451 e. The molecule has 0 fully saturated rings. The van der Waals surface area contributed by atoms with Crippen LogP contribution in [0.5, 0.6) is 0 Å². The van der Waals surface area contributed by atoms with Gasteiger partial charge in [-0.3, -0.25) is 9.78 Å². The van der Waals surface area contributed by atoms with Crippen LogP contribution in [0.3, 0.4) is 0 Å². The predicted octanol–water partition coefficient (Wildman–Crippen LogP) is 2.88. The van der Waals surface area contributed by atoms with E-state index in [0.29, 0.717) is 5.56 Å². The highest BCUT2D eigenvalue weighted by atomic mass is 32.2. The molecule has 3 rings (SSSR count). The van der Waals surface area contributed by atoms with E-state index in [2.05, 4.69) is 19.8 Å². The van der Waals surface area contributed by atoms with Crippen molar-refractivity contribution >= 4 is 16.0 Å². The van der Waals surface area contributed by atoms with Crippen LogP contribution in [-0.4, -0.2) is 35.6 Å². The summed E-state index contributed by atoms with van der Waals surface area (Å²) in [4.78, 5) is 20.3. The van der Waals surface area contributed by atoms with Crippen molar-refractivity contribution in [1.29, 1.82) is 0 Å². The van der Waals surface area contributed by atoms with Gasteiger partial charge in [0.15, 0.2) is 6.10 Å². The lowest BCUT2D eigenvalue weighted by molar-refractivity contribution is -0.153. The SMILES string of the molecule is CC(OC(=O)[C@@H](NS(=O)(=O)c1ccccc1F)C(C)C)c1nc(-c2cccnc2)no1. The second-order valence-corrected chi connectivity index (χ2v) is 8.73. The average Bonchev–Trinajstić information content (AvgIpc) is 3.23. The van der Waals surface area contributed by atoms with Gasteiger partial charge in [0.2, 0.25) is 15.8 Å². The molecule has 0 aliphatic rings. The number of hydrogen-bond acceptors (Lipinski definition) is 8. The maximum atomic E-state index is 13.9. The molecule has 2 aromatic heterocycles. The van der Waals surface area contributed by atoms with Crippen molar-refractivity contribution in [3.8, 4) is 11.4 Å². The van der Waals surface area contributed by atoms with Crippen molar-refractivity contribution in [2.45, 2.75) is 37.8 Å². The fourth-order valence-electron chi connectivity index (χ4n) is 2.66. The topological polar surface area (TPSA) is 124 Å². The molecule has 31 heavy (non-hydrogen) atoms. The fraction of sp³-hybridized carbons (Fsp3) is 0.300. The Morgan fingerprint density at radius 3 is 2.55 bits per heavy atom. The van der Waals surface area contributed by atoms with Crippen LogP contribution in [0.1, 0.15) is 32.8 Å². The highest BCUT2D eigenvalue weighted by Crippen LogP contribution is 2.22. The predicted molar refractivity (Wildman–Crippen MR) is 107 cm³/mol. The summed E-state index contributed by atoms with van der Waals surface area (Å²) in [6.45, 7) is 4.78. The minimum Gasteiger partial charge on any atom is -0.451 e. The number of pyridine rings is 1. The summed E-state index contributed by atoms with van der Waals surface area (Å²) in [6.07, 6.45) is 2.21. The van der Waals surface area contributed by atoms with E-state index in [9.17, 15) is 17.6 Å². The van der Waals surface area contributed by atoms with E-state index in [4.69, 9.17) is 9.26 Å². The standard InChI is InChI=1S/C20H21FN4O5S/c1-12(2)17(25-31(27,28)16-9-5-4-8-15(16)21)20(26)29-13(3)19-23-18(24-30-19)14-7-6-10-22-11-14/h4-13,17,25H,1-3H3/t13?,17-/m0/s1. The minimum atomic E-state index is -4.30. The fourth-order valence-corrected chi connectivity index (χ4v) is 4.07. The number of halogens is 1. The normalized spacial score (nSPS) is 13.7. The average molecular weight is 448 g/mol. The number of ether oxygens (including phenoxy) is 1. The first kappa shape index (κ1) is 22.5. The molecule has 0 spiro atoms. The molecule has 3 aromatic rings. The Hall–Kier alpha value is -3.18. The Labute approximate surface area is 178 Å². The zero-order valence-electron chi connectivity index (χ0n) is 17.0. The van der Waals surface area contributed by atoms with Gasteiger partial charge in [-0.2, -0.15) is 9.71 Å². The number of rotatable bonds is 8. The van der Waals surface area contributed by atoms with E-state index >= 15 is 0 Å². The second-order valence-electron chi connectivity index (χ2n) is 7.05. The first-order chi connectivity index (χ1) is 14.7. The lowest BCUT2D eigenvalue weighted by Crippen LogP contribution is -2.45. The molecule has 0 bridgehead atoms. The maximum absolute atomic E-state index is 13.9. The lowest BCUT2D eigenvalue weighted by atomic mass is 10.1. The van der Waals surface area contributed by atoms with Gasteiger partial charge in [0.1, 0.15) is 16.8 Å². The van der Waals surface area contributed by atoms with E-state index in [-0.39, 0.29) is 11.7 Å². The monoisotopic (exact) mass is 448 g/mol. The molecule has 2 atom stereocenters. The molecule has 0 saturated carbocycles. The van der Waals surface area contributed by atoms with E-state index in [1.807, 2.05) is 0 Å². The molecule has 0 saturated heterocycles. The van der Waals surface area contributed by atoms with Gasteiger partial charge in [0, 0.05) is 18.0 Å². The van der Waals surface area contributed by atoms with Crippen LogP contribution in [0.4, 0.5) is 4.39 Å². The molecular formula is C20H21FN4O5S. The molecule has 0 radical (unpaired) electrons. The van der Waals surface area contributed by atoms with E-state index < -0.39 is 44.8 Å². The van der Waals surface area contributed by atoms with Gasteiger partial charge in [-0.15, -0.1) is 0 Å². The van der Waals surface area contributed by atoms with Gasteiger partial charge in [0.25, 0.3) is 5.89 Å². The minimum absolute atomic E-state index is 0.0340. The number of sulfonamides is 1. The summed E-state index contributed by atoms with van der Waals surface area (Å²) < 4.78 is 51.8. The molecule has 164 valence electrons. The quantitative estimate of drug-likeness (QED) is 0.522. The number of aromatic nitrogens is 3. The third-order valence-electron chi connectivity index (χ3n) is 4.33. The number of nitrogens with zero attached hydrogens (tertiary/aromatic N) is 3. The number of carbonyl (C=O) groups is 1. The highest BCUT2D eigenvalue weighted by Gasteiger charge is 2.33. The van der Waals surface area contributed by atoms with Gasteiger partial charge in [-0.25, -0.2) is 12.8 Å². The van der Waals surface area contributed by atoms with Crippen LogP contribution in [-0.2, 0) is 19.6 Å². The summed E-state index contributed by atoms with van der Waals surface area (Å²) in [5, 5.41) is 3.83. The molecule has 2 heterocycles. The molecular weight excluding hydrogens is 427 g/mol. The summed E-state index contributed by atoms with van der Waals surface area (Å²) in [7, 11) is -4.30. The number of nitrogens with one attached hydrogen (secondary N) is 1. The zero-order valence-corrected chi connectivity index (χ0v) is 17.8. The molecule has 9 nitrogen and oxygen atoms in total. The van der Waals surface area contributed by atoms with Crippen LogP contribution >= 0.6 is 0 Å². The number of benzene rings is 1. The Balaban J connectivity index is 1.74. The Kier molecular flexibility index (Phi) is 6.76. The third kappa shape index (κ3) is 5.30. The molecule has 1 N–H and O–H groups in total. The number of hydrogen-bond donors (Lipinski definition) is 1. The van der Waals surface area contributed by atoms with Crippen molar-refractivity contribution in [2.24, 2.45) is 5.92 Å². The third-order valence-corrected chi connectivity index (χ3v) is 5.81. The highest BCUT2D eigenvalue weighted by molar-refractivity contribution is 7.89. The van der Waals surface area contributed by atoms with Crippen molar-refractivity contribution < 1.29 is 26.9 Å². The summed E-state index contributed by atoms with van der Waals surface area (Å²) in [5.41, 5.74) is 0.619. The van der Waals surface area contributed by atoms with Crippen molar-refractivity contribution in [1.82, 2.24) is 19.8 Å². The van der Waals surface area contributed by atoms with Crippen LogP contribution in [0.2, 0.25) is 0 Å². The number of esters is 1. The van der Waals surface area contributed by atoms with Crippen LogP contribution in [0.25, 0.3) is 11.4 Å². The van der Waals surface area contributed by atoms with Gasteiger partial charge < -0.3 is 9.26 Å².